The third kappa shape index (κ3) is 8.31. The van der Waals surface area contributed by atoms with Gasteiger partial charge in [-0.1, -0.05) is 12.5 Å². The van der Waals surface area contributed by atoms with Crippen LogP contribution in [0.15, 0.2) is 23.2 Å². The van der Waals surface area contributed by atoms with Gasteiger partial charge in [-0.2, -0.15) is 0 Å². The molecule has 154 valence electrons. The highest BCUT2D eigenvalue weighted by atomic mass is 127. The lowest BCUT2D eigenvalue weighted by Gasteiger charge is -2.33. The van der Waals surface area contributed by atoms with Crippen LogP contribution in [0.2, 0.25) is 0 Å². The first kappa shape index (κ1) is 24.1. The average Bonchev–Trinajstić information content (AvgIpc) is 2.65. The number of hydrogen-bond acceptors (Lipinski definition) is 3. The molecule has 1 aliphatic rings. The number of guanidine groups is 1. The van der Waals surface area contributed by atoms with E-state index in [0.29, 0.717) is 18.2 Å². The van der Waals surface area contributed by atoms with Crippen LogP contribution in [0, 0.1) is 5.82 Å². The minimum absolute atomic E-state index is 0. The second-order valence-corrected chi connectivity index (χ2v) is 6.94. The van der Waals surface area contributed by atoms with Crippen molar-refractivity contribution < 1.29 is 9.50 Å². The molecule has 0 aliphatic carbocycles. The fraction of sp³-hybridized carbons (Fsp3) is 0.650. The van der Waals surface area contributed by atoms with E-state index in [1.807, 2.05) is 6.92 Å². The van der Waals surface area contributed by atoms with Crippen molar-refractivity contribution in [2.45, 2.75) is 58.7 Å². The topological polar surface area (TPSA) is 59.9 Å². The van der Waals surface area contributed by atoms with Gasteiger partial charge in [0.25, 0.3) is 0 Å². The van der Waals surface area contributed by atoms with E-state index >= 15 is 0 Å². The Balaban J connectivity index is 0.00000364. The molecule has 1 aromatic rings. The van der Waals surface area contributed by atoms with Crippen LogP contribution >= 0.6 is 24.0 Å². The Bertz CT molecular complexity index is 585. The van der Waals surface area contributed by atoms with Gasteiger partial charge in [0.05, 0.1) is 13.2 Å². The zero-order valence-corrected chi connectivity index (χ0v) is 18.8. The summed E-state index contributed by atoms with van der Waals surface area (Å²) in [5.41, 5.74) is 1.20. The van der Waals surface area contributed by atoms with Crippen molar-refractivity contribution in [2.75, 3.05) is 26.2 Å². The predicted molar refractivity (Wildman–Crippen MR) is 120 cm³/mol. The Hall–Kier alpha value is -0.930. The second-order valence-electron chi connectivity index (χ2n) is 6.94. The largest absolute Gasteiger partial charge is 0.392 e. The van der Waals surface area contributed by atoms with Crippen molar-refractivity contribution in [1.82, 2.24) is 15.5 Å². The molecule has 0 radical (unpaired) electrons. The standard InChI is InChI=1S/C20H33FN4O.HI/c1-3-22-20(23-10-6-12-25-11-5-4-7-16(25)2)24-14-17-8-9-19(21)18(13-17)15-26;/h8-9,13,16,26H,3-7,10-12,14-15H2,1-2H3,(H2,22,23,24);1H. The van der Waals surface area contributed by atoms with Gasteiger partial charge < -0.3 is 20.6 Å². The SMILES string of the molecule is CCNC(=NCc1ccc(F)c(CO)c1)NCCCN1CCCCC1C.I. The van der Waals surface area contributed by atoms with Crippen molar-refractivity contribution in [3.63, 3.8) is 0 Å². The number of aliphatic hydroxyl groups excluding tert-OH is 1. The summed E-state index contributed by atoms with van der Waals surface area (Å²) in [6.07, 6.45) is 5.06. The van der Waals surface area contributed by atoms with Gasteiger partial charge in [0.1, 0.15) is 5.82 Å². The number of nitrogens with one attached hydrogen (secondary N) is 2. The Morgan fingerprint density at radius 3 is 2.85 bits per heavy atom. The van der Waals surface area contributed by atoms with Crippen molar-refractivity contribution in [2.24, 2.45) is 4.99 Å². The van der Waals surface area contributed by atoms with Gasteiger partial charge in [-0.3, -0.25) is 0 Å². The summed E-state index contributed by atoms with van der Waals surface area (Å²) >= 11 is 0. The Labute approximate surface area is 179 Å². The van der Waals surface area contributed by atoms with E-state index in [0.717, 1.165) is 37.6 Å². The molecule has 0 aromatic heterocycles. The highest BCUT2D eigenvalue weighted by molar-refractivity contribution is 14.0. The first-order chi connectivity index (χ1) is 12.6. The molecule has 1 heterocycles. The van der Waals surface area contributed by atoms with Crippen LogP contribution in [0.1, 0.15) is 50.7 Å². The molecule has 2 rings (SSSR count). The van der Waals surface area contributed by atoms with E-state index in [4.69, 9.17) is 5.11 Å². The van der Waals surface area contributed by atoms with Crippen LogP contribution in [0.5, 0.6) is 0 Å². The summed E-state index contributed by atoms with van der Waals surface area (Å²) < 4.78 is 13.5. The number of likely N-dealkylation sites (tertiary alicyclic amines) is 1. The van der Waals surface area contributed by atoms with Crippen LogP contribution in [-0.4, -0.2) is 48.2 Å². The van der Waals surface area contributed by atoms with Gasteiger partial charge in [0, 0.05) is 31.2 Å². The molecular weight excluding hydrogens is 458 g/mol. The molecule has 7 heteroatoms. The highest BCUT2D eigenvalue weighted by Gasteiger charge is 2.17. The molecule has 5 nitrogen and oxygen atoms in total. The average molecular weight is 492 g/mol. The molecule has 0 spiro atoms. The third-order valence-corrected chi connectivity index (χ3v) is 4.90. The molecule has 1 fully saturated rings. The van der Waals surface area contributed by atoms with E-state index in [-0.39, 0.29) is 36.4 Å². The quantitative estimate of drug-likeness (QED) is 0.226. The lowest BCUT2D eigenvalue weighted by atomic mass is 10.0. The van der Waals surface area contributed by atoms with Crippen LogP contribution in [0.3, 0.4) is 0 Å². The number of aliphatic imine (C=N–C) groups is 1. The Morgan fingerprint density at radius 1 is 1.33 bits per heavy atom. The van der Waals surface area contributed by atoms with Crippen LogP contribution in [0.25, 0.3) is 0 Å². The normalized spacial score (nSPS) is 18.1. The zero-order chi connectivity index (χ0) is 18.8. The summed E-state index contributed by atoms with van der Waals surface area (Å²) in [5.74, 6) is 0.395. The summed E-state index contributed by atoms with van der Waals surface area (Å²) in [7, 11) is 0. The zero-order valence-electron chi connectivity index (χ0n) is 16.5. The van der Waals surface area contributed by atoms with Crippen molar-refractivity contribution >= 4 is 29.9 Å². The monoisotopic (exact) mass is 492 g/mol. The molecule has 1 atom stereocenters. The second kappa shape index (κ2) is 13.3. The maximum absolute atomic E-state index is 13.5. The third-order valence-electron chi connectivity index (χ3n) is 4.90. The van der Waals surface area contributed by atoms with E-state index < -0.39 is 0 Å². The predicted octanol–water partition coefficient (Wildman–Crippen LogP) is 3.26. The van der Waals surface area contributed by atoms with Gasteiger partial charge in [0.15, 0.2) is 5.96 Å². The maximum atomic E-state index is 13.5. The summed E-state index contributed by atoms with van der Waals surface area (Å²) in [5, 5.41) is 15.8. The number of piperidine rings is 1. The van der Waals surface area contributed by atoms with Crippen molar-refractivity contribution in [3.8, 4) is 0 Å². The van der Waals surface area contributed by atoms with Crippen molar-refractivity contribution in [1.29, 1.82) is 0 Å². The lowest BCUT2D eigenvalue weighted by Crippen LogP contribution is -2.41. The Kier molecular flexibility index (Phi) is 11.9. The van der Waals surface area contributed by atoms with Gasteiger partial charge >= 0.3 is 0 Å². The fourth-order valence-electron chi connectivity index (χ4n) is 3.34. The number of nitrogens with zero attached hydrogens (tertiary/aromatic N) is 2. The van der Waals surface area contributed by atoms with E-state index in [2.05, 4.69) is 27.4 Å². The van der Waals surface area contributed by atoms with Gasteiger partial charge in [0.2, 0.25) is 0 Å². The summed E-state index contributed by atoms with van der Waals surface area (Å²) in [6, 6.07) is 5.46. The van der Waals surface area contributed by atoms with Gasteiger partial charge in [-0.15, -0.1) is 24.0 Å². The first-order valence-electron chi connectivity index (χ1n) is 9.78. The molecule has 1 aromatic carbocycles. The minimum Gasteiger partial charge on any atom is -0.392 e. The number of aliphatic hydroxyl groups is 1. The van der Waals surface area contributed by atoms with E-state index in [1.54, 1.807) is 12.1 Å². The van der Waals surface area contributed by atoms with Crippen LogP contribution < -0.4 is 10.6 Å². The molecule has 1 unspecified atom stereocenters. The van der Waals surface area contributed by atoms with Gasteiger partial charge in [-0.25, -0.2) is 9.38 Å². The lowest BCUT2D eigenvalue weighted by molar-refractivity contribution is 0.159. The van der Waals surface area contributed by atoms with E-state index in [9.17, 15) is 4.39 Å². The minimum atomic E-state index is -0.378. The summed E-state index contributed by atoms with van der Waals surface area (Å²) in [4.78, 5) is 7.14. The molecule has 1 saturated heterocycles. The number of hydrogen-bond donors (Lipinski definition) is 3. The molecule has 1 aliphatic heterocycles. The number of benzene rings is 1. The molecule has 0 bridgehead atoms. The summed E-state index contributed by atoms with van der Waals surface area (Å²) in [6.45, 7) is 8.51. The number of halogens is 2. The molecule has 27 heavy (non-hydrogen) atoms. The number of rotatable bonds is 8. The van der Waals surface area contributed by atoms with Crippen LogP contribution in [0.4, 0.5) is 4.39 Å². The molecular formula is C20H34FIN4O. The van der Waals surface area contributed by atoms with E-state index in [1.165, 1.54) is 31.9 Å². The molecule has 0 saturated carbocycles. The smallest absolute Gasteiger partial charge is 0.191 e. The maximum Gasteiger partial charge on any atom is 0.191 e. The van der Waals surface area contributed by atoms with Crippen molar-refractivity contribution in [3.05, 3.63) is 35.1 Å². The van der Waals surface area contributed by atoms with Crippen LogP contribution in [-0.2, 0) is 13.2 Å². The first-order valence-corrected chi connectivity index (χ1v) is 9.78. The Morgan fingerprint density at radius 2 is 2.15 bits per heavy atom. The fourth-order valence-corrected chi connectivity index (χ4v) is 3.34. The molecule has 0 amide bonds. The highest BCUT2D eigenvalue weighted by Crippen LogP contribution is 2.16. The molecule has 3 N–H and O–H groups in total. The van der Waals surface area contributed by atoms with Gasteiger partial charge in [-0.05, 0) is 57.4 Å².